The number of nitrogens with zero attached hydrogens (tertiary/aromatic N) is 2. The Bertz CT molecular complexity index is 683. The number of benzene rings is 1. The average molecular weight is 240 g/mol. The molecule has 5 heteroatoms. The van der Waals surface area contributed by atoms with Crippen LogP contribution >= 0.6 is 0 Å². The standard InChI is InChI=1S/C13H8N2O3/c16-9-2-1-4-10-6-7-12(15(17)18)11-5-3-8-14-13(10)11/h3,5-9H,2H2. The molecule has 0 radical (unpaired) electrons. The van der Waals surface area contributed by atoms with Crippen LogP contribution < -0.4 is 0 Å². The van der Waals surface area contributed by atoms with Crippen LogP contribution in [0.15, 0.2) is 30.5 Å². The summed E-state index contributed by atoms with van der Waals surface area (Å²) in [6, 6.07) is 6.21. The second-order valence-electron chi connectivity index (χ2n) is 3.46. The third kappa shape index (κ3) is 2.18. The van der Waals surface area contributed by atoms with Gasteiger partial charge in [-0.2, -0.15) is 0 Å². The van der Waals surface area contributed by atoms with E-state index in [-0.39, 0.29) is 12.1 Å². The van der Waals surface area contributed by atoms with Crippen LogP contribution in [0.3, 0.4) is 0 Å². The zero-order valence-corrected chi connectivity index (χ0v) is 9.29. The summed E-state index contributed by atoms with van der Waals surface area (Å²) in [4.78, 5) is 24.7. The first-order chi connectivity index (χ1) is 8.74. The number of carbonyl (C=O) groups is 1. The fourth-order valence-corrected chi connectivity index (χ4v) is 1.61. The largest absolute Gasteiger partial charge is 0.302 e. The van der Waals surface area contributed by atoms with Gasteiger partial charge in [0.2, 0.25) is 0 Å². The summed E-state index contributed by atoms with van der Waals surface area (Å²) in [5.41, 5.74) is 1.06. The van der Waals surface area contributed by atoms with Gasteiger partial charge in [0.05, 0.1) is 27.8 Å². The third-order valence-corrected chi connectivity index (χ3v) is 2.35. The van der Waals surface area contributed by atoms with Crippen molar-refractivity contribution in [2.24, 2.45) is 0 Å². The molecule has 5 nitrogen and oxygen atoms in total. The van der Waals surface area contributed by atoms with E-state index in [1.807, 2.05) is 0 Å². The van der Waals surface area contributed by atoms with Gasteiger partial charge in [0.1, 0.15) is 6.29 Å². The molecule has 0 aliphatic carbocycles. The van der Waals surface area contributed by atoms with Crippen LogP contribution in [-0.4, -0.2) is 16.2 Å². The van der Waals surface area contributed by atoms with Crippen LogP contribution in [0, 0.1) is 22.0 Å². The van der Waals surface area contributed by atoms with Gasteiger partial charge in [-0.1, -0.05) is 11.8 Å². The Morgan fingerprint density at radius 2 is 2.22 bits per heavy atom. The highest BCUT2D eigenvalue weighted by Crippen LogP contribution is 2.26. The van der Waals surface area contributed by atoms with Crippen LogP contribution in [0.4, 0.5) is 5.69 Å². The van der Waals surface area contributed by atoms with Gasteiger partial charge in [-0.05, 0) is 18.2 Å². The molecule has 0 atom stereocenters. The minimum absolute atomic E-state index is 0.000891. The van der Waals surface area contributed by atoms with Crippen LogP contribution in [0.2, 0.25) is 0 Å². The molecule has 88 valence electrons. The number of hydrogen-bond donors (Lipinski definition) is 0. The molecule has 0 unspecified atom stereocenters. The first-order valence-electron chi connectivity index (χ1n) is 5.18. The molecule has 0 aliphatic heterocycles. The van der Waals surface area contributed by atoms with Crippen molar-refractivity contribution in [3.8, 4) is 11.8 Å². The Balaban J connectivity index is 2.65. The average Bonchev–Trinajstić information content (AvgIpc) is 2.38. The lowest BCUT2D eigenvalue weighted by Crippen LogP contribution is -1.92. The van der Waals surface area contributed by atoms with Gasteiger partial charge in [-0.3, -0.25) is 15.1 Å². The summed E-state index contributed by atoms with van der Waals surface area (Å²) in [6.45, 7) is 0. The molecule has 0 amide bonds. The zero-order valence-electron chi connectivity index (χ0n) is 9.29. The van der Waals surface area contributed by atoms with Crippen molar-refractivity contribution in [3.05, 3.63) is 46.1 Å². The topological polar surface area (TPSA) is 73.1 Å². The molecule has 0 saturated heterocycles. The van der Waals surface area contributed by atoms with Crippen molar-refractivity contribution in [1.29, 1.82) is 0 Å². The summed E-state index contributed by atoms with van der Waals surface area (Å²) in [5.74, 6) is 5.45. The second-order valence-corrected chi connectivity index (χ2v) is 3.46. The first-order valence-corrected chi connectivity index (χ1v) is 5.18. The summed E-state index contributed by atoms with van der Waals surface area (Å²) >= 11 is 0. The highest BCUT2D eigenvalue weighted by atomic mass is 16.6. The fraction of sp³-hybridized carbons (Fsp3) is 0.0769. The Labute approximate surface area is 103 Å². The van der Waals surface area contributed by atoms with E-state index in [0.29, 0.717) is 22.8 Å². The maximum atomic E-state index is 10.9. The summed E-state index contributed by atoms with van der Waals surface area (Å²) in [5, 5.41) is 11.3. The number of rotatable bonds is 2. The highest BCUT2D eigenvalue weighted by Gasteiger charge is 2.13. The molecule has 0 spiro atoms. The summed E-state index contributed by atoms with van der Waals surface area (Å²) < 4.78 is 0. The number of nitro groups is 1. The minimum atomic E-state index is -0.452. The molecule has 0 fully saturated rings. The Morgan fingerprint density at radius 1 is 1.39 bits per heavy atom. The number of non-ortho nitro benzene ring substituents is 1. The molecule has 1 aromatic carbocycles. The van der Waals surface area contributed by atoms with E-state index in [2.05, 4.69) is 16.8 Å². The molecule has 0 N–H and O–H groups in total. The number of fused-ring (bicyclic) bond motifs is 1. The normalized spacial score (nSPS) is 9.56. The van der Waals surface area contributed by atoms with Crippen LogP contribution in [0.5, 0.6) is 0 Å². The number of carbonyl (C=O) groups excluding carboxylic acids is 1. The number of hydrogen-bond acceptors (Lipinski definition) is 4. The van der Waals surface area contributed by atoms with Crippen molar-refractivity contribution in [3.63, 3.8) is 0 Å². The molecule has 1 aromatic heterocycles. The second kappa shape index (κ2) is 5.06. The lowest BCUT2D eigenvalue weighted by molar-refractivity contribution is -0.383. The smallest absolute Gasteiger partial charge is 0.278 e. The molecular weight excluding hydrogens is 232 g/mol. The van der Waals surface area contributed by atoms with Gasteiger partial charge >= 0.3 is 0 Å². The molecule has 0 saturated carbocycles. The predicted octanol–water partition coefficient (Wildman–Crippen LogP) is 2.08. The number of aromatic nitrogens is 1. The van der Waals surface area contributed by atoms with Crippen molar-refractivity contribution in [2.45, 2.75) is 6.42 Å². The highest BCUT2D eigenvalue weighted by molar-refractivity contribution is 5.92. The van der Waals surface area contributed by atoms with E-state index in [4.69, 9.17) is 0 Å². The van der Waals surface area contributed by atoms with Gasteiger partial charge in [-0.15, -0.1) is 0 Å². The third-order valence-electron chi connectivity index (χ3n) is 2.35. The van der Waals surface area contributed by atoms with Crippen molar-refractivity contribution < 1.29 is 9.72 Å². The number of nitro benzene ring substituents is 1. The maximum absolute atomic E-state index is 10.9. The van der Waals surface area contributed by atoms with Crippen molar-refractivity contribution in [1.82, 2.24) is 4.98 Å². The summed E-state index contributed by atoms with van der Waals surface area (Å²) in [7, 11) is 0. The van der Waals surface area contributed by atoms with E-state index < -0.39 is 4.92 Å². The van der Waals surface area contributed by atoms with Gasteiger partial charge in [-0.25, -0.2) is 0 Å². The Kier molecular flexibility index (Phi) is 3.30. The van der Waals surface area contributed by atoms with Gasteiger partial charge in [0, 0.05) is 12.3 Å². The molecule has 1 heterocycles. The van der Waals surface area contributed by atoms with E-state index >= 15 is 0 Å². The number of aldehydes is 1. The molecule has 0 bridgehead atoms. The van der Waals surface area contributed by atoms with Gasteiger partial charge in [0.25, 0.3) is 5.69 Å². The Morgan fingerprint density at radius 3 is 2.94 bits per heavy atom. The van der Waals surface area contributed by atoms with E-state index in [1.54, 1.807) is 24.4 Å². The molecular formula is C13H8N2O3. The quantitative estimate of drug-likeness (QED) is 0.348. The van der Waals surface area contributed by atoms with Crippen molar-refractivity contribution in [2.75, 3.05) is 0 Å². The van der Waals surface area contributed by atoms with Gasteiger partial charge < -0.3 is 4.79 Å². The van der Waals surface area contributed by atoms with Crippen LogP contribution in [0.1, 0.15) is 12.0 Å². The monoisotopic (exact) mass is 240 g/mol. The SMILES string of the molecule is O=CCC#Cc1ccc([N+](=O)[O-])c2cccnc12. The molecule has 2 aromatic rings. The van der Waals surface area contributed by atoms with Crippen LogP contribution in [-0.2, 0) is 4.79 Å². The van der Waals surface area contributed by atoms with E-state index in [9.17, 15) is 14.9 Å². The Hall–Kier alpha value is -2.74. The first kappa shape index (κ1) is 11.7. The number of pyridine rings is 1. The zero-order chi connectivity index (χ0) is 13.0. The lowest BCUT2D eigenvalue weighted by atomic mass is 10.1. The lowest BCUT2D eigenvalue weighted by Gasteiger charge is -2.00. The molecule has 2 rings (SSSR count). The van der Waals surface area contributed by atoms with Crippen molar-refractivity contribution >= 4 is 22.9 Å². The van der Waals surface area contributed by atoms with Gasteiger partial charge in [0.15, 0.2) is 0 Å². The van der Waals surface area contributed by atoms with E-state index in [1.165, 1.54) is 6.07 Å². The van der Waals surface area contributed by atoms with E-state index in [0.717, 1.165) is 0 Å². The molecule has 18 heavy (non-hydrogen) atoms. The summed E-state index contributed by atoms with van der Waals surface area (Å²) in [6.07, 6.45) is 2.39. The maximum Gasteiger partial charge on any atom is 0.278 e. The van der Waals surface area contributed by atoms with Crippen LogP contribution in [0.25, 0.3) is 10.9 Å². The predicted molar refractivity (Wildman–Crippen MR) is 66.0 cm³/mol. The fourth-order valence-electron chi connectivity index (χ4n) is 1.61. The molecule has 0 aliphatic rings. The minimum Gasteiger partial charge on any atom is -0.302 e.